The zero-order valence-electron chi connectivity index (χ0n) is 29.9. The minimum absolute atomic E-state index is 0.221. The fraction of sp³-hybridized carbons (Fsp3) is 0.189. The highest BCUT2D eigenvalue weighted by molar-refractivity contribution is 7.19. The van der Waals surface area contributed by atoms with E-state index >= 15 is 0 Å². The van der Waals surface area contributed by atoms with Gasteiger partial charge in [-0.15, -0.1) is 45.3 Å². The van der Waals surface area contributed by atoms with Crippen LogP contribution in [0.4, 0.5) is 10.1 Å². The molecule has 284 valence electrons. The van der Waals surface area contributed by atoms with Crippen molar-refractivity contribution in [1.82, 2.24) is 39.7 Å². The Morgan fingerprint density at radius 3 is 2.48 bits per heavy atom. The first-order valence-corrected chi connectivity index (χ1v) is 20.5. The Labute approximate surface area is 334 Å². The van der Waals surface area contributed by atoms with Crippen molar-refractivity contribution in [3.63, 3.8) is 0 Å². The van der Waals surface area contributed by atoms with Crippen LogP contribution in [0, 0.1) is 13.8 Å². The van der Waals surface area contributed by atoms with E-state index in [0.717, 1.165) is 56.8 Å². The van der Waals surface area contributed by atoms with E-state index in [0.29, 0.717) is 42.9 Å². The van der Waals surface area contributed by atoms with Gasteiger partial charge in [0, 0.05) is 21.8 Å². The maximum absolute atomic E-state index is 13.2. The van der Waals surface area contributed by atoms with Gasteiger partial charge in [0.1, 0.15) is 22.0 Å². The summed E-state index contributed by atoms with van der Waals surface area (Å²) < 4.78 is 15.4. The molecule has 0 atom stereocenters. The number of aromatic nitrogens is 6. The van der Waals surface area contributed by atoms with Crippen molar-refractivity contribution in [3.05, 3.63) is 103 Å². The monoisotopic (exact) mass is 825 g/mol. The van der Waals surface area contributed by atoms with Crippen molar-refractivity contribution in [2.75, 3.05) is 19.2 Å². The molecule has 56 heavy (non-hydrogen) atoms. The summed E-state index contributed by atoms with van der Waals surface area (Å²) in [5.41, 5.74) is 10.2. The summed E-state index contributed by atoms with van der Waals surface area (Å²) in [5.74, 6) is 0.201. The van der Waals surface area contributed by atoms with Gasteiger partial charge in [0.2, 0.25) is 12.7 Å². The van der Waals surface area contributed by atoms with Gasteiger partial charge in [0.25, 0.3) is 11.8 Å². The molecule has 1 aliphatic rings. The Morgan fingerprint density at radius 2 is 1.66 bits per heavy atom. The van der Waals surface area contributed by atoms with Crippen LogP contribution in [0.1, 0.15) is 53.5 Å². The van der Waals surface area contributed by atoms with Crippen molar-refractivity contribution in [1.29, 1.82) is 0 Å². The molecule has 15 nitrogen and oxygen atoms in total. The average molecular weight is 826 g/mol. The van der Waals surface area contributed by atoms with Gasteiger partial charge in [-0.2, -0.15) is 0 Å². The van der Waals surface area contributed by atoms with Crippen LogP contribution in [0.15, 0.2) is 71.6 Å². The van der Waals surface area contributed by atoms with Crippen LogP contribution in [0.25, 0.3) is 34.1 Å². The van der Waals surface area contributed by atoms with Crippen molar-refractivity contribution in [3.8, 4) is 34.4 Å². The van der Waals surface area contributed by atoms with E-state index in [4.69, 9.17) is 39.5 Å². The fourth-order valence-corrected chi connectivity index (χ4v) is 10.4. The molecule has 0 aromatic carbocycles. The highest BCUT2D eigenvalue weighted by Gasteiger charge is 2.50. The number of hydroxylamine groups is 2. The first-order valence-electron chi connectivity index (χ1n) is 17.1. The molecule has 8 aromatic heterocycles. The number of hydrogen-bond acceptors (Lipinski definition) is 15. The number of thiazole rings is 2. The molecule has 8 heterocycles. The number of carbonyl (C=O) groups excluding carboxylic acids is 2. The van der Waals surface area contributed by atoms with Gasteiger partial charge in [0.15, 0.2) is 16.5 Å². The van der Waals surface area contributed by atoms with E-state index in [1.807, 2.05) is 70.6 Å². The van der Waals surface area contributed by atoms with Crippen LogP contribution in [0.2, 0.25) is 0 Å². The molecule has 1 fully saturated rings. The number of amides is 2. The summed E-state index contributed by atoms with van der Waals surface area (Å²) in [5, 5.41) is 18.4. The number of carbonyl (C=O) groups is 2. The molecule has 2 amide bonds. The molecule has 0 bridgehead atoms. The largest absolute Gasteiger partial charge is 0.493 e. The number of fused-ring (bicyclic) bond motifs is 2. The Bertz CT molecular complexity index is 2770. The number of methoxy groups -OCH3 is 1. The van der Waals surface area contributed by atoms with Crippen LogP contribution in [-0.2, 0) is 10.3 Å². The lowest BCUT2D eigenvalue weighted by molar-refractivity contribution is -0.0388. The van der Waals surface area contributed by atoms with E-state index in [-0.39, 0.29) is 18.1 Å². The second kappa shape index (κ2) is 14.4. The molecule has 0 spiro atoms. The summed E-state index contributed by atoms with van der Waals surface area (Å²) >= 11 is 5.64. The van der Waals surface area contributed by atoms with E-state index in [2.05, 4.69) is 16.2 Å². The third-order valence-corrected chi connectivity index (χ3v) is 13.4. The third kappa shape index (κ3) is 6.36. The molecule has 4 N–H and O–H groups in total. The Balaban J connectivity index is 0.853. The highest BCUT2D eigenvalue weighted by Crippen LogP contribution is 2.56. The summed E-state index contributed by atoms with van der Waals surface area (Å²) in [6, 6.07) is 16.5. The summed E-state index contributed by atoms with van der Waals surface area (Å²) in [4.78, 5) is 51.7. The number of nitrogens with zero attached hydrogens (tertiary/aromatic N) is 6. The lowest BCUT2D eigenvalue weighted by Gasteiger charge is -2.11. The van der Waals surface area contributed by atoms with Crippen molar-refractivity contribution >= 4 is 78.6 Å². The molecule has 0 radical (unpaired) electrons. The minimum Gasteiger partial charge on any atom is -0.493 e. The zero-order valence-corrected chi connectivity index (χ0v) is 33.1. The number of hydrogen-bond donors (Lipinski definition) is 4. The number of nitrogens with one attached hydrogen (secondary N) is 3. The predicted molar refractivity (Wildman–Crippen MR) is 214 cm³/mol. The predicted octanol–water partition coefficient (Wildman–Crippen LogP) is 7.62. The number of ether oxygens (including phenoxy) is 2. The molecule has 1 saturated carbocycles. The number of rotatable bonds is 13. The summed E-state index contributed by atoms with van der Waals surface area (Å²) in [7, 11) is 1.64. The molecular weight excluding hydrogens is 795 g/mol. The van der Waals surface area contributed by atoms with Gasteiger partial charge >= 0.3 is 0 Å². The second-order valence-corrected chi connectivity index (χ2v) is 16.7. The van der Waals surface area contributed by atoms with E-state index in [9.17, 15) is 9.59 Å². The molecule has 8 aromatic rings. The van der Waals surface area contributed by atoms with Crippen LogP contribution >= 0.6 is 45.3 Å². The smallest absolute Gasteiger partial charge is 0.285 e. The number of pyridine rings is 2. The quantitative estimate of drug-likeness (QED) is 0.0389. The lowest BCUT2D eigenvalue weighted by atomic mass is 10.1. The molecular formula is C37H31N9O6S4. The van der Waals surface area contributed by atoms with Crippen LogP contribution in [-0.4, -0.2) is 59.7 Å². The lowest BCUT2D eigenvalue weighted by Crippen LogP contribution is -2.25. The Morgan fingerprint density at radius 1 is 0.875 bits per heavy atom. The number of aryl methyl sites for hydroxylation is 2. The van der Waals surface area contributed by atoms with Gasteiger partial charge < -0.3 is 14.8 Å². The van der Waals surface area contributed by atoms with Crippen molar-refractivity contribution in [2.24, 2.45) is 0 Å². The van der Waals surface area contributed by atoms with E-state index in [1.165, 1.54) is 34.0 Å². The van der Waals surface area contributed by atoms with Crippen LogP contribution < -0.4 is 25.8 Å². The van der Waals surface area contributed by atoms with E-state index in [1.54, 1.807) is 42.1 Å². The number of anilines is 2. The Hall–Kier alpha value is -5.70. The maximum Gasteiger partial charge on any atom is 0.285 e. The number of thiophene rings is 2. The van der Waals surface area contributed by atoms with Crippen LogP contribution in [0.5, 0.6) is 11.6 Å². The molecule has 0 saturated heterocycles. The van der Waals surface area contributed by atoms with Gasteiger partial charge in [-0.3, -0.25) is 23.6 Å². The standard InChI is InChI=1S/C37H31N9O6S4/c1-19-30(45-15-5-6-23(50-3)32(45)39-19)21-16-53-35(40-21)37(13-14-37)26-11-9-25(55-26)34(48)44-52-18-51-29-8-4-7-27-38-20(2)31(46(27)29)22-17-54-36(41-22)42-28-12-10-24(56-28)33(47)43-49/h4-12,15-17,49H,13-14,18H2,1-3H3,(H,41,42)(H,43,47)(H,44,48). The third-order valence-electron chi connectivity index (χ3n) is 9.34. The molecule has 0 unspecified atom stereocenters. The van der Waals surface area contributed by atoms with Crippen molar-refractivity contribution in [2.45, 2.75) is 32.1 Å². The molecule has 0 aliphatic heterocycles. The first kappa shape index (κ1) is 36.0. The summed E-state index contributed by atoms with van der Waals surface area (Å²) in [6.07, 6.45) is 3.87. The molecule has 9 rings (SSSR count). The second-order valence-electron chi connectivity index (χ2n) is 12.8. The molecule has 19 heteroatoms. The zero-order chi connectivity index (χ0) is 38.6. The number of imidazole rings is 2. The van der Waals surface area contributed by atoms with Crippen LogP contribution in [0.3, 0.4) is 0 Å². The van der Waals surface area contributed by atoms with Gasteiger partial charge in [-0.25, -0.2) is 35.7 Å². The topological polar surface area (TPSA) is 179 Å². The minimum atomic E-state index is -0.580. The maximum atomic E-state index is 13.2. The first-order chi connectivity index (χ1) is 27.3. The van der Waals surface area contributed by atoms with E-state index < -0.39 is 5.91 Å². The van der Waals surface area contributed by atoms with Gasteiger partial charge in [-0.05, 0) is 75.2 Å². The highest BCUT2D eigenvalue weighted by atomic mass is 32.1. The van der Waals surface area contributed by atoms with Gasteiger partial charge in [0.05, 0.1) is 50.1 Å². The summed E-state index contributed by atoms with van der Waals surface area (Å²) in [6.45, 7) is 3.61. The molecule has 1 aliphatic carbocycles. The fourth-order valence-electron chi connectivity index (χ4n) is 6.59. The SMILES string of the molecule is COc1cccn2c(-c3csc(C4(c5ccc(C(=O)NOCOc6cccc7nc(C)c(-c8csc(Nc9ccc(C(=O)NO)s9)n8)n67)s5)CC4)n3)c(C)nc12. The normalized spacial score (nSPS) is 13.3. The average Bonchev–Trinajstić information content (AvgIpc) is 3.91. The van der Waals surface area contributed by atoms with Crippen molar-refractivity contribution < 1.29 is 29.1 Å². The Kier molecular flexibility index (Phi) is 9.26. The van der Waals surface area contributed by atoms with Gasteiger partial charge in [-0.1, -0.05) is 6.07 Å².